The maximum Gasteiger partial charge on any atom is 0.156 e. The average molecular weight is 219 g/mol. The highest BCUT2D eigenvalue weighted by Gasteiger charge is 2.11. The van der Waals surface area contributed by atoms with Gasteiger partial charge in [-0.1, -0.05) is 13.8 Å². The first kappa shape index (κ1) is 10.8. The molecule has 1 aromatic carbocycles. The van der Waals surface area contributed by atoms with Crippen LogP contribution in [0.1, 0.15) is 31.7 Å². The van der Waals surface area contributed by atoms with Gasteiger partial charge in [0.05, 0.1) is 11.6 Å². The number of fused-ring (bicyclic) bond motifs is 1. The van der Waals surface area contributed by atoms with Crippen LogP contribution in [0.5, 0.6) is 0 Å². The molecule has 1 unspecified atom stereocenters. The van der Waals surface area contributed by atoms with Crippen LogP contribution in [0.2, 0.25) is 0 Å². The van der Waals surface area contributed by atoms with Crippen LogP contribution in [0, 0.1) is 5.82 Å². The quantitative estimate of drug-likeness (QED) is 0.844. The zero-order chi connectivity index (χ0) is 11.7. The predicted octanol–water partition coefficient (Wildman–Crippen LogP) is 2.86. The van der Waals surface area contributed by atoms with Crippen molar-refractivity contribution in [3.63, 3.8) is 0 Å². The molecule has 0 aliphatic heterocycles. The second kappa shape index (κ2) is 4.04. The number of nitrogens with two attached hydrogens (primary N) is 1. The molecule has 84 valence electrons. The summed E-state index contributed by atoms with van der Waals surface area (Å²) in [5.74, 6) is 0.152. The summed E-state index contributed by atoms with van der Waals surface area (Å²) in [6, 6.07) is 3.46. The monoisotopic (exact) mass is 219 g/mol. The molecule has 2 N–H and O–H groups in total. The Labute approximate surface area is 93.5 Å². The zero-order valence-electron chi connectivity index (χ0n) is 9.37. The van der Waals surface area contributed by atoms with Gasteiger partial charge in [-0.25, -0.2) is 4.39 Å². The smallest absolute Gasteiger partial charge is 0.156 e. The highest BCUT2D eigenvalue weighted by molar-refractivity contribution is 5.91. The van der Waals surface area contributed by atoms with E-state index in [9.17, 15) is 4.39 Å². The van der Waals surface area contributed by atoms with Gasteiger partial charge in [-0.05, 0) is 30.0 Å². The third-order valence-corrected chi connectivity index (χ3v) is 2.94. The van der Waals surface area contributed by atoms with Gasteiger partial charge in [0.1, 0.15) is 5.82 Å². The first-order valence-electron chi connectivity index (χ1n) is 5.33. The van der Waals surface area contributed by atoms with Crippen molar-refractivity contribution in [3.8, 4) is 0 Å². The van der Waals surface area contributed by atoms with Gasteiger partial charge in [0.2, 0.25) is 0 Å². The van der Waals surface area contributed by atoms with Crippen LogP contribution in [0.25, 0.3) is 10.8 Å². The maximum atomic E-state index is 13.9. The second-order valence-corrected chi connectivity index (χ2v) is 4.01. The predicted molar refractivity (Wildman–Crippen MR) is 62.6 cm³/mol. The fourth-order valence-electron chi connectivity index (χ4n) is 1.75. The molecule has 1 aromatic heterocycles. The molecule has 16 heavy (non-hydrogen) atoms. The van der Waals surface area contributed by atoms with Crippen molar-refractivity contribution in [1.29, 1.82) is 0 Å². The van der Waals surface area contributed by atoms with E-state index in [4.69, 9.17) is 5.73 Å². The lowest BCUT2D eigenvalue weighted by atomic mass is 9.96. The summed E-state index contributed by atoms with van der Waals surface area (Å²) in [4.78, 5) is 0. The molecular weight excluding hydrogens is 205 g/mol. The molecule has 0 amide bonds. The molecule has 0 bridgehead atoms. The summed E-state index contributed by atoms with van der Waals surface area (Å²) in [6.45, 7) is 4.14. The van der Waals surface area contributed by atoms with Crippen LogP contribution < -0.4 is 5.73 Å². The summed E-state index contributed by atoms with van der Waals surface area (Å²) in [5.41, 5.74) is 6.57. The maximum absolute atomic E-state index is 13.9. The minimum Gasteiger partial charge on any atom is -0.382 e. The zero-order valence-corrected chi connectivity index (χ0v) is 9.37. The number of anilines is 1. The molecule has 0 saturated heterocycles. The first-order chi connectivity index (χ1) is 7.63. The minimum atomic E-state index is -0.319. The van der Waals surface area contributed by atoms with Crippen LogP contribution in [0.15, 0.2) is 18.3 Å². The van der Waals surface area contributed by atoms with E-state index in [-0.39, 0.29) is 11.6 Å². The van der Waals surface area contributed by atoms with Gasteiger partial charge in [-0.2, -0.15) is 5.10 Å². The van der Waals surface area contributed by atoms with Crippen LogP contribution >= 0.6 is 0 Å². The summed E-state index contributed by atoms with van der Waals surface area (Å²) < 4.78 is 13.9. The average Bonchev–Trinajstić information content (AvgIpc) is 2.27. The third-order valence-electron chi connectivity index (χ3n) is 2.94. The number of hydrogen-bond acceptors (Lipinski definition) is 3. The molecule has 0 aliphatic rings. The van der Waals surface area contributed by atoms with Crippen LogP contribution in [-0.2, 0) is 0 Å². The lowest BCUT2D eigenvalue weighted by Gasteiger charge is -2.11. The molecule has 0 fully saturated rings. The summed E-state index contributed by atoms with van der Waals surface area (Å²) in [7, 11) is 0. The Morgan fingerprint density at radius 2 is 2.19 bits per heavy atom. The van der Waals surface area contributed by atoms with Crippen molar-refractivity contribution < 1.29 is 4.39 Å². The molecule has 1 heterocycles. The number of nitrogens with zero attached hydrogens (tertiary/aromatic N) is 2. The second-order valence-electron chi connectivity index (χ2n) is 4.01. The Morgan fingerprint density at radius 3 is 2.88 bits per heavy atom. The standard InChI is InChI=1S/C12H14FN3/c1-3-7(2)8-4-9-6-15-16-12(14)11(9)10(13)5-8/h4-7H,3H2,1-2H3,(H2,14,16). The van der Waals surface area contributed by atoms with Gasteiger partial charge in [0.15, 0.2) is 5.82 Å². The number of hydrogen-bond donors (Lipinski definition) is 1. The summed E-state index contributed by atoms with van der Waals surface area (Å²) in [5, 5.41) is 8.46. The molecule has 2 aromatic rings. The highest BCUT2D eigenvalue weighted by atomic mass is 19.1. The summed E-state index contributed by atoms with van der Waals surface area (Å²) >= 11 is 0. The topological polar surface area (TPSA) is 51.8 Å². The molecule has 0 spiro atoms. The molecule has 2 rings (SSSR count). The van der Waals surface area contributed by atoms with E-state index in [1.165, 1.54) is 6.07 Å². The van der Waals surface area contributed by atoms with Gasteiger partial charge in [-0.15, -0.1) is 5.10 Å². The normalized spacial score (nSPS) is 12.9. The fraction of sp³-hybridized carbons (Fsp3) is 0.333. The first-order valence-corrected chi connectivity index (χ1v) is 5.33. The number of benzene rings is 1. The van der Waals surface area contributed by atoms with Gasteiger partial charge < -0.3 is 5.73 Å². The van der Waals surface area contributed by atoms with Crippen molar-refractivity contribution in [2.24, 2.45) is 0 Å². The van der Waals surface area contributed by atoms with E-state index in [1.54, 1.807) is 6.20 Å². The molecule has 0 radical (unpaired) electrons. The van der Waals surface area contributed by atoms with Crippen molar-refractivity contribution >= 4 is 16.6 Å². The van der Waals surface area contributed by atoms with Crippen molar-refractivity contribution in [2.45, 2.75) is 26.2 Å². The van der Waals surface area contributed by atoms with E-state index in [1.807, 2.05) is 6.07 Å². The molecule has 0 aliphatic carbocycles. The number of rotatable bonds is 2. The number of halogens is 1. The summed E-state index contributed by atoms with van der Waals surface area (Å²) in [6.07, 6.45) is 2.51. The van der Waals surface area contributed by atoms with Gasteiger partial charge in [0, 0.05) is 5.39 Å². The van der Waals surface area contributed by atoms with Gasteiger partial charge in [0.25, 0.3) is 0 Å². The Kier molecular flexibility index (Phi) is 2.73. The van der Waals surface area contributed by atoms with Crippen LogP contribution in [-0.4, -0.2) is 10.2 Å². The van der Waals surface area contributed by atoms with E-state index in [0.29, 0.717) is 16.7 Å². The van der Waals surface area contributed by atoms with E-state index < -0.39 is 0 Å². The molecule has 0 saturated carbocycles. The van der Waals surface area contributed by atoms with E-state index in [2.05, 4.69) is 24.0 Å². The Hall–Kier alpha value is -1.71. The Morgan fingerprint density at radius 1 is 1.44 bits per heavy atom. The van der Waals surface area contributed by atoms with Crippen molar-refractivity contribution in [3.05, 3.63) is 29.7 Å². The Balaban J connectivity index is 2.68. The molecule has 1 atom stereocenters. The van der Waals surface area contributed by atoms with Crippen molar-refractivity contribution in [1.82, 2.24) is 10.2 Å². The largest absolute Gasteiger partial charge is 0.382 e. The number of nitrogen functional groups attached to an aromatic ring is 1. The van der Waals surface area contributed by atoms with E-state index >= 15 is 0 Å². The van der Waals surface area contributed by atoms with Crippen LogP contribution in [0.4, 0.5) is 10.2 Å². The Bertz CT molecular complexity index is 525. The lowest BCUT2D eigenvalue weighted by Crippen LogP contribution is -1.99. The fourth-order valence-corrected chi connectivity index (χ4v) is 1.75. The lowest BCUT2D eigenvalue weighted by molar-refractivity contribution is 0.631. The minimum absolute atomic E-state index is 0.144. The van der Waals surface area contributed by atoms with E-state index in [0.717, 1.165) is 12.0 Å². The van der Waals surface area contributed by atoms with Crippen LogP contribution in [0.3, 0.4) is 0 Å². The third kappa shape index (κ3) is 1.71. The van der Waals surface area contributed by atoms with Gasteiger partial charge >= 0.3 is 0 Å². The van der Waals surface area contributed by atoms with Crippen molar-refractivity contribution in [2.75, 3.05) is 5.73 Å². The number of aromatic nitrogens is 2. The molecule has 4 heteroatoms. The molecular formula is C12H14FN3. The van der Waals surface area contributed by atoms with Gasteiger partial charge in [-0.3, -0.25) is 0 Å². The molecule has 3 nitrogen and oxygen atoms in total. The SMILES string of the molecule is CCC(C)c1cc(F)c2c(N)nncc2c1. The highest BCUT2D eigenvalue weighted by Crippen LogP contribution is 2.27.